The van der Waals surface area contributed by atoms with E-state index in [9.17, 15) is 4.79 Å². The molecule has 1 aliphatic carbocycles. The maximum atomic E-state index is 13.0. The van der Waals surface area contributed by atoms with E-state index in [1.165, 1.54) is 16.9 Å². The van der Waals surface area contributed by atoms with Crippen LogP contribution in [0, 0.1) is 6.92 Å². The van der Waals surface area contributed by atoms with Gasteiger partial charge in [-0.05, 0) is 74.9 Å². The molecule has 2 heterocycles. The van der Waals surface area contributed by atoms with Crippen LogP contribution in [0.5, 0.6) is 17.2 Å². The highest BCUT2D eigenvalue weighted by molar-refractivity contribution is 7.18. The molecule has 0 saturated heterocycles. The minimum Gasteiger partial charge on any atom is -0.491 e. The van der Waals surface area contributed by atoms with Gasteiger partial charge in [0.15, 0.2) is 11.5 Å². The first-order valence-electron chi connectivity index (χ1n) is 12.8. The lowest BCUT2D eigenvalue weighted by Gasteiger charge is -2.14. The SMILES string of the molecule is CCOc1cc(-c2nc3sc4c(c3c(=O)[nH]2)CCCC4)ccc1OCCOCCOc1ccccc1C. The molecule has 1 N–H and O–H groups in total. The molecule has 0 spiro atoms. The Morgan fingerprint density at radius 3 is 2.51 bits per heavy atom. The van der Waals surface area contributed by atoms with Gasteiger partial charge in [0.1, 0.15) is 29.6 Å². The summed E-state index contributed by atoms with van der Waals surface area (Å²) in [6.07, 6.45) is 4.31. The van der Waals surface area contributed by atoms with Crippen molar-refractivity contribution in [2.75, 3.05) is 33.0 Å². The third kappa shape index (κ3) is 5.81. The lowest BCUT2D eigenvalue weighted by molar-refractivity contribution is 0.0754. The standard InChI is InChI=1S/C29H32N2O5S/c1-3-34-24-18-20(27-30-28(32)26-21-9-5-7-11-25(21)37-29(26)31-27)12-13-23(24)36-17-15-33-14-16-35-22-10-6-4-8-19(22)2/h4,6,8,10,12-13,18H,3,5,7,9,11,14-17H2,1-2H3,(H,30,31,32). The maximum Gasteiger partial charge on any atom is 0.260 e. The number of nitrogens with one attached hydrogen (secondary N) is 1. The van der Waals surface area contributed by atoms with E-state index >= 15 is 0 Å². The first-order chi connectivity index (χ1) is 18.1. The van der Waals surface area contributed by atoms with Gasteiger partial charge in [-0.1, -0.05) is 18.2 Å². The Balaban J connectivity index is 1.21. The van der Waals surface area contributed by atoms with Crippen molar-refractivity contribution in [1.29, 1.82) is 0 Å². The van der Waals surface area contributed by atoms with E-state index in [1.54, 1.807) is 11.3 Å². The number of rotatable bonds is 11. The number of H-pyrrole nitrogens is 1. The van der Waals surface area contributed by atoms with Crippen molar-refractivity contribution in [2.45, 2.75) is 39.5 Å². The zero-order valence-electron chi connectivity index (χ0n) is 21.3. The second-order valence-electron chi connectivity index (χ2n) is 8.97. The molecule has 37 heavy (non-hydrogen) atoms. The van der Waals surface area contributed by atoms with E-state index in [2.05, 4.69) is 4.98 Å². The van der Waals surface area contributed by atoms with E-state index in [1.807, 2.05) is 56.3 Å². The van der Waals surface area contributed by atoms with Crippen LogP contribution in [0.4, 0.5) is 0 Å². The average molecular weight is 521 g/mol. The molecule has 0 amide bonds. The molecule has 7 nitrogen and oxygen atoms in total. The molecule has 0 aliphatic heterocycles. The van der Waals surface area contributed by atoms with E-state index in [4.69, 9.17) is 23.9 Å². The molecule has 0 unspecified atom stereocenters. The van der Waals surface area contributed by atoms with Crippen molar-refractivity contribution in [3.05, 3.63) is 68.8 Å². The summed E-state index contributed by atoms with van der Waals surface area (Å²) in [6.45, 7) is 6.20. The van der Waals surface area contributed by atoms with Gasteiger partial charge in [-0.15, -0.1) is 11.3 Å². The van der Waals surface area contributed by atoms with Gasteiger partial charge >= 0.3 is 0 Å². The summed E-state index contributed by atoms with van der Waals surface area (Å²) in [6, 6.07) is 13.5. The quantitative estimate of drug-likeness (QED) is 0.255. The van der Waals surface area contributed by atoms with Crippen LogP contribution in [-0.4, -0.2) is 43.0 Å². The largest absolute Gasteiger partial charge is 0.491 e. The smallest absolute Gasteiger partial charge is 0.260 e. The Hall–Kier alpha value is -3.36. The molecule has 0 radical (unpaired) electrons. The number of fused-ring (bicyclic) bond motifs is 3. The Bertz CT molecular complexity index is 1430. The summed E-state index contributed by atoms with van der Waals surface area (Å²) in [5.41, 5.74) is 3.01. The lowest BCUT2D eigenvalue weighted by atomic mass is 9.97. The minimum atomic E-state index is -0.0683. The summed E-state index contributed by atoms with van der Waals surface area (Å²) in [7, 11) is 0. The van der Waals surface area contributed by atoms with Crippen LogP contribution in [-0.2, 0) is 17.6 Å². The van der Waals surface area contributed by atoms with Crippen LogP contribution in [0.1, 0.15) is 35.8 Å². The number of benzene rings is 2. The van der Waals surface area contributed by atoms with Gasteiger partial charge in [0, 0.05) is 10.4 Å². The summed E-state index contributed by atoms with van der Waals surface area (Å²) in [5.74, 6) is 2.65. The number of hydrogen-bond donors (Lipinski definition) is 1. The lowest BCUT2D eigenvalue weighted by Crippen LogP contribution is -2.13. The number of aryl methyl sites for hydroxylation is 3. The van der Waals surface area contributed by atoms with Crippen molar-refractivity contribution in [3.63, 3.8) is 0 Å². The first kappa shape index (κ1) is 25.3. The minimum absolute atomic E-state index is 0.0683. The van der Waals surface area contributed by atoms with E-state index < -0.39 is 0 Å². The van der Waals surface area contributed by atoms with Crippen molar-refractivity contribution < 1.29 is 18.9 Å². The van der Waals surface area contributed by atoms with Crippen LogP contribution >= 0.6 is 11.3 Å². The zero-order valence-corrected chi connectivity index (χ0v) is 22.1. The number of thiophene rings is 1. The normalized spacial score (nSPS) is 12.9. The summed E-state index contributed by atoms with van der Waals surface area (Å²) in [5, 5.41) is 0.762. The molecule has 2 aromatic heterocycles. The molecule has 0 saturated carbocycles. The highest BCUT2D eigenvalue weighted by Crippen LogP contribution is 2.36. The summed E-state index contributed by atoms with van der Waals surface area (Å²) in [4.78, 5) is 22.9. The number of para-hydroxylation sites is 1. The monoisotopic (exact) mass is 520 g/mol. The summed E-state index contributed by atoms with van der Waals surface area (Å²) >= 11 is 1.65. The van der Waals surface area contributed by atoms with E-state index in [0.29, 0.717) is 50.4 Å². The van der Waals surface area contributed by atoms with Gasteiger partial charge in [0.05, 0.1) is 25.2 Å². The van der Waals surface area contributed by atoms with E-state index in [-0.39, 0.29) is 5.56 Å². The third-order valence-electron chi connectivity index (χ3n) is 6.41. The molecular weight excluding hydrogens is 488 g/mol. The van der Waals surface area contributed by atoms with Crippen molar-refractivity contribution in [2.24, 2.45) is 0 Å². The zero-order chi connectivity index (χ0) is 25.6. The third-order valence-corrected chi connectivity index (χ3v) is 7.59. The molecule has 8 heteroatoms. The number of ether oxygens (including phenoxy) is 4. The Morgan fingerprint density at radius 1 is 0.919 bits per heavy atom. The van der Waals surface area contributed by atoms with Crippen LogP contribution in [0.25, 0.3) is 21.6 Å². The molecule has 194 valence electrons. The maximum absolute atomic E-state index is 13.0. The average Bonchev–Trinajstić information content (AvgIpc) is 3.29. The van der Waals surface area contributed by atoms with Crippen molar-refractivity contribution >= 4 is 21.6 Å². The fraction of sp³-hybridized carbons (Fsp3) is 0.379. The van der Waals surface area contributed by atoms with Gasteiger partial charge in [-0.2, -0.15) is 0 Å². The second-order valence-corrected chi connectivity index (χ2v) is 10.1. The molecule has 4 aromatic rings. The molecule has 5 rings (SSSR count). The van der Waals surface area contributed by atoms with Crippen molar-refractivity contribution in [3.8, 4) is 28.6 Å². The number of nitrogens with zero attached hydrogens (tertiary/aromatic N) is 1. The van der Waals surface area contributed by atoms with Crippen LogP contribution in [0.3, 0.4) is 0 Å². The van der Waals surface area contributed by atoms with Crippen LogP contribution < -0.4 is 19.8 Å². The number of aromatic nitrogens is 2. The Kier molecular flexibility index (Phi) is 8.06. The predicted octanol–water partition coefficient (Wildman–Crippen LogP) is 5.71. The molecule has 0 fully saturated rings. The molecule has 2 aromatic carbocycles. The van der Waals surface area contributed by atoms with E-state index in [0.717, 1.165) is 46.4 Å². The fourth-order valence-electron chi connectivity index (χ4n) is 4.59. The highest BCUT2D eigenvalue weighted by atomic mass is 32.1. The summed E-state index contributed by atoms with van der Waals surface area (Å²) < 4.78 is 23.2. The van der Waals surface area contributed by atoms with Crippen LogP contribution in [0.2, 0.25) is 0 Å². The number of hydrogen-bond acceptors (Lipinski definition) is 7. The molecule has 1 aliphatic rings. The number of aromatic amines is 1. The van der Waals surface area contributed by atoms with Gasteiger partial charge in [0.2, 0.25) is 0 Å². The Labute approximate surface area is 220 Å². The van der Waals surface area contributed by atoms with Crippen LogP contribution in [0.15, 0.2) is 47.3 Å². The molecule has 0 bridgehead atoms. The van der Waals surface area contributed by atoms with Crippen molar-refractivity contribution in [1.82, 2.24) is 9.97 Å². The first-order valence-corrected chi connectivity index (χ1v) is 13.7. The fourth-order valence-corrected chi connectivity index (χ4v) is 5.85. The second kappa shape index (κ2) is 11.8. The van der Waals surface area contributed by atoms with Gasteiger partial charge < -0.3 is 23.9 Å². The topological polar surface area (TPSA) is 82.7 Å². The molecular formula is C29H32N2O5S. The predicted molar refractivity (Wildman–Crippen MR) is 146 cm³/mol. The Morgan fingerprint density at radius 2 is 1.70 bits per heavy atom. The van der Waals surface area contributed by atoms with Gasteiger partial charge in [-0.25, -0.2) is 4.98 Å². The molecule has 0 atom stereocenters. The van der Waals surface area contributed by atoms with Gasteiger partial charge in [-0.3, -0.25) is 4.79 Å². The highest BCUT2D eigenvalue weighted by Gasteiger charge is 2.20. The van der Waals surface area contributed by atoms with Gasteiger partial charge in [0.25, 0.3) is 5.56 Å².